The van der Waals surface area contributed by atoms with E-state index in [9.17, 15) is 18.3 Å². The van der Waals surface area contributed by atoms with E-state index in [0.717, 1.165) is 44.6 Å². The Bertz CT molecular complexity index is 1070. The molecule has 2 fully saturated rings. The molecule has 0 unspecified atom stereocenters. The number of fused-ring (bicyclic) bond motifs is 4. The number of rotatable bonds is 4. The summed E-state index contributed by atoms with van der Waals surface area (Å²) in [6.07, 6.45) is 6.18. The van der Waals surface area contributed by atoms with Crippen molar-refractivity contribution in [3.63, 3.8) is 0 Å². The molecular weight excluding hydrogens is 461 g/mol. The van der Waals surface area contributed by atoms with Crippen molar-refractivity contribution in [3.05, 3.63) is 58.7 Å². The normalized spacial score (nSPS) is 38.4. The van der Waals surface area contributed by atoms with Crippen molar-refractivity contribution < 1.29 is 23.0 Å². The van der Waals surface area contributed by atoms with Crippen LogP contribution in [0.3, 0.4) is 0 Å². The Labute approximate surface area is 214 Å². The van der Waals surface area contributed by atoms with Crippen LogP contribution >= 0.6 is 0 Å². The van der Waals surface area contributed by atoms with Gasteiger partial charge in [0.15, 0.2) is 0 Å². The topological polar surface area (TPSA) is 29.5 Å². The second-order valence-electron chi connectivity index (χ2n) is 13.0. The second kappa shape index (κ2) is 8.73. The van der Waals surface area contributed by atoms with Crippen molar-refractivity contribution in [2.24, 2.45) is 34.0 Å². The van der Waals surface area contributed by atoms with Crippen LogP contribution in [0.15, 0.2) is 47.6 Å². The molecule has 5 rings (SSSR count). The third-order valence-corrected chi connectivity index (χ3v) is 10.9. The molecule has 7 atom stereocenters. The first-order chi connectivity index (χ1) is 16.8. The average molecular weight is 503 g/mol. The largest absolute Gasteiger partial charge is 0.416 e. The number of aliphatic hydroxyl groups is 1. The number of hydrogen-bond acceptors (Lipinski definition) is 2. The van der Waals surface area contributed by atoms with Crippen LogP contribution in [-0.4, -0.2) is 17.3 Å². The van der Waals surface area contributed by atoms with E-state index in [1.807, 2.05) is 6.92 Å². The molecule has 0 saturated heterocycles. The van der Waals surface area contributed by atoms with Gasteiger partial charge in [-0.1, -0.05) is 63.6 Å². The van der Waals surface area contributed by atoms with Gasteiger partial charge in [0, 0.05) is 0 Å². The standard InChI is InChI=1S/C31H41F3O2/c1-19(36-18-20-8-6-7-9-23(20)31(32,33)34)22-11-12-24-21-10-13-26-28(2,3)27(35)15-17-30(26,5)25(21)14-16-29(22,24)4/h6-10,13,19,22,25-27,35H,11-12,14-18H2,1-5H3/t19-,22-,25+,26+,27+,29-,30-/m1/s1. The molecule has 5 heteroatoms. The minimum atomic E-state index is -4.37. The van der Waals surface area contributed by atoms with Crippen LogP contribution in [0.2, 0.25) is 0 Å². The molecule has 1 aromatic carbocycles. The zero-order chi connectivity index (χ0) is 26.1. The van der Waals surface area contributed by atoms with Gasteiger partial charge >= 0.3 is 6.18 Å². The minimum Gasteiger partial charge on any atom is -0.393 e. The summed E-state index contributed by atoms with van der Waals surface area (Å²) >= 11 is 0. The SMILES string of the molecule is C[C@@H](OCc1ccccc1C(F)(F)F)[C@H]1CCC2=C3C=C[C@H]4C(C)(C)[C@@H](O)CC[C@]4(C)[C@H]3CC[C@@]21C. The summed E-state index contributed by atoms with van der Waals surface area (Å²) in [5, 5.41) is 10.7. The van der Waals surface area contributed by atoms with Crippen LogP contribution in [0.4, 0.5) is 13.2 Å². The zero-order valence-electron chi connectivity index (χ0n) is 22.3. The van der Waals surface area contributed by atoms with Crippen molar-refractivity contribution in [3.8, 4) is 0 Å². The molecule has 0 amide bonds. The van der Waals surface area contributed by atoms with E-state index >= 15 is 0 Å². The number of halogens is 3. The molecule has 0 spiro atoms. The molecule has 0 heterocycles. The van der Waals surface area contributed by atoms with Crippen molar-refractivity contribution in [1.82, 2.24) is 0 Å². The summed E-state index contributed by atoms with van der Waals surface area (Å²) in [7, 11) is 0. The maximum absolute atomic E-state index is 13.5. The molecule has 36 heavy (non-hydrogen) atoms. The third kappa shape index (κ3) is 3.91. The van der Waals surface area contributed by atoms with Gasteiger partial charge in [0.2, 0.25) is 0 Å². The number of alkyl halides is 3. The highest BCUT2D eigenvalue weighted by atomic mass is 19.4. The second-order valence-corrected chi connectivity index (χ2v) is 13.0. The summed E-state index contributed by atoms with van der Waals surface area (Å²) in [4.78, 5) is 0. The Morgan fingerprint density at radius 1 is 1.06 bits per heavy atom. The lowest BCUT2D eigenvalue weighted by molar-refractivity contribution is -0.139. The molecule has 0 aliphatic heterocycles. The fourth-order valence-electron chi connectivity index (χ4n) is 8.75. The van der Waals surface area contributed by atoms with Crippen LogP contribution in [0.1, 0.15) is 84.3 Å². The van der Waals surface area contributed by atoms with E-state index in [-0.39, 0.29) is 40.6 Å². The van der Waals surface area contributed by atoms with E-state index in [1.165, 1.54) is 17.7 Å². The first kappa shape index (κ1) is 26.0. The molecule has 4 aliphatic rings. The lowest BCUT2D eigenvalue weighted by Crippen LogP contribution is -2.54. The van der Waals surface area contributed by atoms with Gasteiger partial charge in [0.05, 0.1) is 24.4 Å². The monoisotopic (exact) mass is 502 g/mol. The first-order valence-electron chi connectivity index (χ1n) is 13.7. The van der Waals surface area contributed by atoms with Crippen LogP contribution in [0.25, 0.3) is 0 Å². The number of hydrogen-bond donors (Lipinski definition) is 1. The Morgan fingerprint density at radius 3 is 2.50 bits per heavy atom. The lowest BCUT2D eigenvalue weighted by Gasteiger charge is -2.59. The van der Waals surface area contributed by atoms with Crippen LogP contribution < -0.4 is 0 Å². The Hall–Kier alpha value is -1.59. The lowest BCUT2D eigenvalue weighted by atomic mass is 9.46. The van der Waals surface area contributed by atoms with Gasteiger partial charge in [0.1, 0.15) is 0 Å². The van der Waals surface area contributed by atoms with Gasteiger partial charge in [0.25, 0.3) is 0 Å². The molecular formula is C31H41F3O2. The summed E-state index contributed by atoms with van der Waals surface area (Å²) < 4.78 is 46.5. The Morgan fingerprint density at radius 2 is 1.78 bits per heavy atom. The highest BCUT2D eigenvalue weighted by Gasteiger charge is 2.58. The summed E-state index contributed by atoms with van der Waals surface area (Å²) in [6.45, 7) is 11.3. The number of benzene rings is 1. The molecule has 198 valence electrons. The Kier molecular flexibility index (Phi) is 6.31. The van der Waals surface area contributed by atoms with E-state index < -0.39 is 11.7 Å². The van der Waals surface area contributed by atoms with E-state index in [0.29, 0.717) is 17.8 Å². The van der Waals surface area contributed by atoms with Gasteiger partial charge in [-0.2, -0.15) is 13.2 Å². The quantitative estimate of drug-likeness (QED) is 0.451. The predicted octanol–water partition coefficient (Wildman–Crippen LogP) is 8.11. The van der Waals surface area contributed by atoms with Crippen molar-refractivity contribution >= 4 is 0 Å². The summed E-state index contributed by atoms with van der Waals surface area (Å²) in [5.74, 6) is 1.17. The number of allylic oxidation sites excluding steroid dienone is 4. The molecule has 2 saturated carbocycles. The minimum absolute atomic E-state index is 0.0188. The molecule has 2 nitrogen and oxygen atoms in total. The molecule has 0 bridgehead atoms. The van der Waals surface area contributed by atoms with E-state index in [2.05, 4.69) is 39.8 Å². The average Bonchev–Trinajstić information content (AvgIpc) is 3.17. The van der Waals surface area contributed by atoms with E-state index in [1.54, 1.807) is 11.6 Å². The van der Waals surface area contributed by atoms with Gasteiger partial charge < -0.3 is 9.84 Å². The fourth-order valence-corrected chi connectivity index (χ4v) is 8.75. The third-order valence-electron chi connectivity index (χ3n) is 10.9. The Balaban J connectivity index is 1.39. The molecule has 0 aromatic heterocycles. The van der Waals surface area contributed by atoms with Gasteiger partial charge in [-0.15, -0.1) is 0 Å². The highest BCUT2D eigenvalue weighted by Crippen LogP contribution is 2.66. The molecule has 0 radical (unpaired) electrons. The highest BCUT2D eigenvalue weighted by molar-refractivity contribution is 5.43. The van der Waals surface area contributed by atoms with Gasteiger partial charge in [-0.05, 0) is 96.7 Å². The predicted molar refractivity (Wildman–Crippen MR) is 136 cm³/mol. The van der Waals surface area contributed by atoms with Gasteiger partial charge in [-0.25, -0.2) is 0 Å². The summed E-state index contributed by atoms with van der Waals surface area (Å²) in [5.41, 5.74) is 2.71. The van der Waals surface area contributed by atoms with Crippen molar-refractivity contribution in [2.75, 3.05) is 0 Å². The number of ether oxygens (including phenoxy) is 1. The van der Waals surface area contributed by atoms with Crippen molar-refractivity contribution in [1.29, 1.82) is 0 Å². The maximum Gasteiger partial charge on any atom is 0.416 e. The van der Waals surface area contributed by atoms with Crippen LogP contribution in [0, 0.1) is 34.0 Å². The fraction of sp³-hybridized carbons (Fsp3) is 0.677. The first-order valence-corrected chi connectivity index (χ1v) is 13.7. The summed E-state index contributed by atoms with van der Waals surface area (Å²) in [6, 6.07) is 5.74. The van der Waals surface area contributed by atoms with Crippen molar-refractivity contribution in [2.45, 2.75) is 98.1 Å². The zero-order valence-corrected chi connectivity index (χ0v) is 22.3. The maximum atomic E-state index is 13.5. The van der Waals surface area contributed by atoms with Crippen LogP contribution in [0.5, 0.6) is 0 Å². The van der Waals surface area contributed by atoms with Crippen LogP contribution in [-0.2, 0) is 17.5 Å². The smallest absolute Gasteiger partial charge is 0.393 e. The number of aliphatic hydroxyl groups excluding tert-OH is 1. The molecule has 1 aromatic rings. The van der Waals surface area contributed by atoms with Gasteiger partial charge in [-0.3, -0.25) is 0 Å². The van der Waals surface area contributed by atoms with E-state index in [4.69, 9.17) is 4.74 Å². The molecule has 4 aliphatic carbocycles. The molecule has 1 N–H and O–H groups in total.